The van der Waals surface area contributed by atoms with Crippen LogP contribution in [0.15, 0.2) is 18.2 Å². The van der Waals surface area contributed by atoms with Crippen molar-refractivity contribution >= 4 is 5.69 Å². The van der Waals surface area contributed by atoms with Crippen LogP contribution in [0, 0.1) is 10.1 Å². The fourth-order valence-electron chi connectivity index (χ4n) is 1.80. The topological polar surface area (TPSA) is 84.6 Å². The van der Waals surface area contributed by atoms with E-state index in [4.69, 9.17) is 9.84 Å². The van der Waals surface area contributed by atoms with Gasteiger partial charge >= 0.3 is 5.69 Å². The molecule has 0 bridgehead atoms. The highest BCUT2D eigenvalue weighted by molar-refractivity contribution is 5.49. The van der Waals surface area contributed by atoms with Crippen molar-refractivity contribution in [2.24, 2.45) is 0 Å². The molecule has 0 saturated carbocycles. The highest BCUT2D eigenvalue weighted by Gasteiger charge is 2.18. The van der Waals surface area contributed by atoms with Crippen LogP contribution in [0.3, 0.4) is 0 Å². The van der Waals surface area contributed by atoms with E-state index in [-0.39, 0.29) is 30.1 Å². The van der Waals surface area contributed by atoms with Gasteiger partial charge in [0, 0.05) is 18.2 Å². The third kappa shape index (κ3) is 4.18. The third-order valence-electron chi connectivity index (χ3n) is 2.79. The van der Waals surface area contributed by atoms with E-state index in [0.717, 1.165) is 5.56 Å². The SMILES string of the molecule is CCOc1ccc(C(C)N[C@H](C)CO)cc1[N+](=O)[O-]. The Balaban J connectivity index is 2.97. The standard InChI is InChI=1S/C13H20N2O4/c1-4-19-13-6-5-11(7-12(13)15(17)18)10(3)14-9(2)8-16/h5-7,9-10,14,16H,4,8H2,1-3H3/t9-,10?/m1/s1. The van der Waals surface area contributed by atoms with Crippen molar-refractivity contribution in [3.63, 3.8) is 0 Å². The summed E-state index contributed by atoms with van der Waals surface area (Å²) >= 11 is 0. The van der Waals surface area contributed by atoms with Gasteiger partial charge in [0.1, 0.15) is 0 Å². The van der Waals surface area contributed by atoms with Crippen molar-refractivity contribution in [3.05, 3.63) is 33.9 Å². The summed E-state index contributed by atoms with van der Waals surface area (Å²) < 4.78 is 5.23. The largest absolute Gasteiger partial charge is 0.487 e. The number of nitro groups is 1. The summed E-state index contributed by atoms with van der Waals surface area (Å²) in [7, 11) is 0. The molecule has 0 radical (unpaired) electrons. The molecule has 0 aliphatic rings. The molecule has 1 aromatic carbocycles. The Labute approximate surface area is 112 Å². The number of aliphatic hydroxyl groups excluding tert-OH is 1. The van der Waals surface area contributed by atoms with E-state index in [1.807, 2.05) is 13.8 Å². The molecule has 6 heteroatoms. The molecule has 1 unspecified atom stereocenters. The number of ether oxygens (including phenoxy) is 1. The van der Waals surface area contributed by atoms with Crippen molar-refractivity contribution in [3.8, 4) is 5.75 Å². The van der Waals surface area contributed by atoms with Gasteiger partial charge in [-0.1, -0.05) is 6.07 Å². The van der Waals surface area contributed by atoms with E-state index in [0.29, 0.717) is 6.61 Å². The van der Waals surface area contributed by atoms with Crippen molar-refractivity contribution in [2.75, 3.05) is 13.2 Å². The lowest BCUT2D eigenvalue weighted by atomic mass is 10.1. The summed E-state index contributed by atoms with van der Waals surface area (Å²) in [5, 5.41) is 23.2. The zero-order valence-electron chi connectivity index (χ0n) is 11.4. The molecule has 0 aromatic heterocycles. The van der Waals surface area contributed by atoms with Crippen LogP contribution in [-0.4, -0.2) is 29.3 Å². The summed E-state index contributed by atoms with van der Waals surface area (Å²) in [6.45, 7) is 5.93. The van der Waals surface area contributed by atoms with Gasteiger partial charge in [0.25, 0.3) is 0 Å². The molecule has 0 spiro atoms. The minimum Gasteiger partial charge on any atom is -0.487 e. The minimum absolute atomic E-state index is 0.0173. The van der Waals surface area contributed by atoms with Gasteiger partial charge in [-0.2, -0.15) is 0 Å². The second kappa shape index (κ2) is 7.06. The number of hydrogen-bond donors (Lipinski definition) is 2. The zero-order chi connectivity index (χ0) is 14.4. The van der Waals surface area contributed by atoms with E-state index >= 15 is 0 Å². The highest BCUT2D eigenvalue weighted by atomic mass is 16.6. The Morgan fingerprint density at radius 2 is 2.16 bits per heavy atom. The quantitative estimate of drug-likeness (QED) is 0.584. The minimum atomic E-state index is -0.448. The fourth-order valence-corrected chi connectivity index (χ4v) is 1.80. The lowest BCUT2D eigenvalue weighted by Crippen LogP contribution is -2.31. The Bertz CT molecular complexity index is 437. The number of aliphatic hydroxyl groups is 1. The van der Waals surface area contributed by atoms with Gasteiger partial charge in [-0.3, -0.25) is 10.1 Å². The Morgan fingerprint density at radius 1 is 1.47 bits per heavy atom. The van der Waals surface area contributed by atoms with Gasteiger partial charge in [0.2, 0.25) is 0 Å². The molecule has 0 heterocycles. The van der Waals surface area contributed by atoms with E-state index in [2.05, 4.69) is 5.32 Å². The smallest absolute Gasteiger partial charge is 0.311 e. The van der Waals surface area contributed by atoms with Gasteiger partial charge < -0.3 is 15.2 Å². The van der Waals surface area contributed by atoms with Crippen molar-refractivity contribution in [2.45, 2.75) is 32.9 Å². The molecule has 0 saturated heterocycles. The van der Waals surface area contributed by atoms with E-state index < -0.39 is 4.92 Å². The average Bonchev–Trinajstić information content (AvgIpc) is 2.38. The molecule has 0 aliphatic carbocycles. The second-order valence-corrected chi connectivity index (χ2v) is 4.39. The van der Waals surface area contributed by atoms with Crippen LogP contribution in [0.2, 0.25) is 0 Å². The van der Waals surface area contributed by atoms with Crippen LogP contribution in [0.5, 0.6) is 5.75 Å². The molecule has 2 N–H and O–H groups in total. The molecule has 0 aliphatic heterocycles. The molecule has 19 heavy (non-hydrogen) atoms. The first-order chi connectivity index (χ1) is 8.99. The molecule has 0 fully saturated rings. The molecule has 2 atom stereocenters. The normalized spacial score (nSPS) is 13.9. The first-order valence-corrected chi connectivity index (χ1v) is 6.27. The Hall–Kier alpha value is -1.66. The predicted octanol–water partition coefficient (Wildman–Crippen LogP) is 2.02. The van der Waals surface area contributed by atoms with Gasteiger partial charge in [0.15, 0.2) is 5.75 Å². The van der Waals surface area contributed by atoms with Crippen LogP contribution in [0.25, 0.3) is 0 Å². The van der Waals surface area contributed by atoms with E-state index in [1.165, 1.54) is 6.07 Å². The molecule has 1 aromatic rings. The van der Waals surface area contributed by atoms with Crippen molar-refractivity contribution in [1.82, 2.24) is 5.32 Å². The average molecular weight is 268 g/mol. The van der Waals surface area contributed by atoms with Crippen LogP contribution < -0.4 is 10.1 Å². The van der Waals surface area contributed by atoms with Gasteiger partial charge in [-0.05, 0) is 32.4 Å². The monoisotopic (exact) mass is 268 g/mol. The van der Waals surface area contributed by atoms with Crippen LogP contribution in [-0.2, 0) is 0 Å². The first-order valence-electron chi connectivity index (χ1n) is 6.27. The van der Waals surface area contributed by atoms with Crippen molar-refractivity contribution < 1.29 is 14.8 Å². The van der Waals surface area contributed by atoms with Crippen LogP contribution in [0.1, 0.15) is 32.4 Å². The summed E-state index contributed by atoms with van der Waals surface area (Å²) in [4.78, 5) is 10.6. The fraction of sp³-hybridized carbons (Fsp3) is 0.538. The molecule has 6 nitrogen and oxygen atoms in total. The summed E-state index contributed by atoms with van der Waals surface area (Å²) in [6.07, 6.45) is 0. The van der Waals surface area contributed by atoms with Gasteiger partial charge in [-0.25, -0.2) is 0 Å². The highest BCUT2D eigenvalue weighted by Crippen LogP contribution is 2.30. The van der Waals surface area contributed by atoms with Gasteiger partial charge in [0.05, 0.1) is 18.1 Å². The lowest BCUT2D eigenvalue weighted by Gasteiger charge is -2.19. The second-order valence-electron chi connectivity index (χ2n) is 4.39. The predicted molar refractivity (Wildman–Crippen MR) is 72.4 cm³/mol. The summed E-state index contributed by atoms with van der Waals surface area (Å²) in [6, 6.07) is 4.75. The molecule has 1 rings (SSSR count). The Kier molecular flexibility index (Phi) is 5.72. The number of benzene rings is 1. The maximum Gasteiger partial charge on any atom is 0.311 e. The molecular weight excluding hydrogens is 248 g/mol. The van der Waals surface area contributed by atoms with E-state index in [1.54, 1.807) is 19.1 Å². The first kappa shape index (κ1) is 15.4. The zero-order valence-corrected chi connectivity index (χ0v) is 11.4. The molecular formula is C13H20N2O4. The number of nitrogens with one attached hydrogen (secondary N) is 1. The number of rotatable bonds is 7. The summed E-state index contributed by atoms with van der Waals surface area (Å²) in [5.41, 5.74) is 0.750. The van der Waals surface area contributed by atoms with E-state index in [9.17, 15) is 10.1 Å². The number of hydrogen-bond acceptors (Lipinski definition) is 5. The van der Waals surface area contributed by atoms with Crippen LogP contribution in [0.4, 0.5) is 5.69 Å². The number of nitro benzene ring substituents is 1. The van der Waals surface area contributed by atoms with Crippen LogP contribution >= 0.6 is 0 Å². The maximum atomic E-state index is 11.0. The third-order valence-corrected chi connectivity index (χ3v) is 2.79. The Morgan fingerprint density at radius 3 is 2.68 bits per heavy atom. The lowest BCUT2D eigenvalue weighted by molar-refractivity contribution is -0.385. The number of nitrogens with zero attached hydrogens (tertiary/aromatic N) is 1. The molecule has 106 valence electrons. The molecule has 0 amide bonds. The van der Waals surface area contributed by atoms with Gasteiger partial charge in [-0.15, -0.1) is 0 Å². The maximum absolute atomic E-state index is 11.0. The summed E-state index contributed by atoms with van der Waals surface area (Å²) in [5.74, 6) is 0.277. The van der Waals surface area contributed by atoms with Crippen molar-refractivity contribution in [1.29, 1.82) is 0 Å².